The largest absolute Gasteiger partial charge is 0.309 e. The summed E-state index contributed by atoms with van der Waals surface area (Å²) in [6.07, 6.45) is 0.580. The standard InChI is InChI=1S/C17H19ClN2O2S2/c1-19(2)10-5-11-24(21,22)20-14-6-3-4-7-16(14)23-17-9-8-13(18)12-15(17)20/h3-4,6-9,12H,5,10-11H2,1-2H3. The van der Waals surface area contributed by atoms with Crippen LogP contribution in [0.15, 0.2) is 52.3 Å². The Labute approximate surface area is 152 Å². The zero-order valence-corrected chi connectivity index (χ0v) is 16.0. The Hall–Kier alpha value is -1.21. The van der Waals surface area contributed by atoms with Crippen molar-refractivity contribution in [3.63, 3.8) is 0 Å². The van der Waals surface area contributed by atoms with Gasteiger partial charge in [-0.3, -0.25) is 0 Å². The summed E-state index contributed by atoms with van der Waals surface area (Å²) in [6.45, 7) is 0.728. The molecule has 0 bridgehead atoms. The van der Waals surface area contributed by atoms with Gasteiger partial charge >= 0.3 is 0 Å². The third-order valence-corrected chi connectivity index (χ3v) is 6.85. The Balaban J connectivity index is 2.04. The topological polar surface area (TPSA) is 40.6 Å². The highest BCUT2D eigenvalue weighted by molar-refractivity contribution is 8.00. The summed E-state index contributed by atoms with van der Waals surface area (Å²) in [5, 5.41) is 0.530. The van der Waals surface area contributed by atoms with Crippen LogP contribution >= 0.6 is 23.4 Å². The lowest BCUT2D eigenvalue weighted by atomic mass is 10.2. The molecule has 0 unspecified atom stereocenters. The van der Waals surface area contributed by atoms with Crippen molar-refractivity contribution in [3.8, 4) is 0 Å². The summed E-state index contributed by atoms with van der Waals surface area (Å²) in [5.74, 6) is 0.0934. The minimum atomic E-state index is -3.49. The number of hydrogen-bond acceptors (Lipinski definition) is 4. The Morgan fingerprint density at radius 3 is 2.54 bits per heavy atom. The summed E-state index contributed by atoms with van der Waals surface area (Å²) < 4.78 is 27.6. The summed E-state index contributed by atoms with van der Waals surface area (Å²) in [7, 11) is 0.390. The number of fused-ring (bicyclic) bond motifs is 2. The van der Waals surface area contributed by atoms with Crippen LogP contribution in [0.3, 0.4) is 0 Å². The van der Waals surface area contributed by atoms with E-state index in [-0.39, 0.29) is 5.75 Å². The van der Waals surface area contributed by atoms with Gasteiger partial charge in [-0.25, -0.2) is 12.7 Å². The maximum atomic E-state index is 13.1. The fourth-order valence-corrected chi connectivity index (χ4v) is 5.56. The van der Waals surface area contributed by atoms with Crippen LogP contribution in [0.25, 0.3) is 0 Å². The number of anilines is 2. The maximum absolute atomic E-state index is 13.1. The molecule has 2 aromatic carbocycles. The van der Waals surface area contributed by atoms with Crippen molar-refractivity contribution in [3.05, 3.63) is 47.5 Å². The monoisotopic (exact) mass is 382 g/mol. The van der Waals surface area contributed by atoms with Crippen LogP contribution < -0.4 is 4.31 Å². The summed E-state index contributed by atoms with van der Waals surface area (Å²) >= 11 is 7.69. The minimum Gasteiger partial charge on any atom is -0.309 e. The van der Waals surface area contributed by atoms with Gasteiger partial charge in [0, 0.05) is 14.8 Å². The van der Waals surface area contributed by atoms with Crippen molar-refractivity contribution in [2.75, 3.05) is 30.7 Å². The molecule has 0 fully saturated rings. The Kier molecular flexibility index (Phi) is 5.11. The first-order valence-electron chi connectivity index (χ1n) is 7.63. The van der Waals surface area contributed by atoms with E-state index in [9.17, 15) is 8.42 Å². The fourth-order valence-electron chi connectivity index (χ4n) is 2.65. The molecule has 0 atom stereocenters. The molecule has 0 spiro atoms. The smallest absolute Gasteiger partial charge is 0.239 e. The van der Waals surface area contributed by atoms with E-state index in [1.165, 1.54) is 4.31 Å². The Morgan fingerprint density at radius 2 is 1.79 bits per heavy atom. The van der Waals surface area contributed by atoms with E-state index >= 15 is 0 Å². The first kappa shape index (κ1) is 17.6. The summed E-state index contributed by atoms with van der Waals surface area (Å²) in [6, 6.07) is 13.0. The molecule has 1 aliphatic heterocycles. The van der Waals surface area contributed by atoms with Crippen LogP contribution in [-0.2, 0) is 10.0 Å². The van der Waals surface area contributed by atoms with Gasteiger partial charge < -0.3 is 4.90 Å². The van der Waals surface area contributed by atoms with Crippen molar-refractivity contribution in [1.29, 1.82) is 0 Å². The Morgan fingerprint density at radius 1 is 1.08 bits per heavy atom. The first-order chi connectivity index (χ1) is 11.4. The lowest BCUT2D eigenvalue weighted by molar-refractivity contribution is 0.408. The third-order valence-electron chi connectivity index (χ3n) is 3.73. The van der Waals surface area contributed by atoms with Crippen molar-refractivity contribution in [1.82, 2.24) is 4.90 Å². The fraction of sp³-hybridized carbons (Fsp3) is 0.294. The normalized spacial score (nSPS) is 13.8. The van der Waals surface area contributed by atoms with Crippen LogP contribution in [0.4, 0.5) is 11.4 Å². The van der Waals surface area contributed by atoms with Crippen molar-refractivity contribution >= 4 is 44.8 Å². The highest BCUT2D eigenvalue weighted by Crippen LogP contribution is 2.50. The average molecular weight is 383 g/mol. The number of rotatable bonds is 5. The molecular weight excluding hydrogens is 364 g/mol. The molecular formula is C17H19ClN2O2S2. The number of para-hydroxylation sites is 1. The summed E-state index contributed by atoms with van der Waals surface area (Å²) in [4.78, 5) is 3.82. The highest BCUT2D eigenvalue weighted by Gasteiger charge is 2.32. The molecule has 0 N–H and O–H groups in total. The quantitative estimate of drug-likeness (QED) is 0.776. The number of hydrogen-bond donors (Lipinski definition) is 0. The highest BCUT2D eigenvalue weighted by atomic mass is 35.5. The van der Waals surface area contributed by atoms with Crippen molar-refractivity contribution < 1.29 is 8.42 Å². The summed E-state index contributed by atoms with van der Waals surface area (Å²) in [5.41, 5.74) is 1.33. The molecule has 3 rings (SSSR count). The van der Waals surface area contributed by atoms with E-state index in [1.54, 1.807) is 23.9 Å². The van der Waals surface area contributed by atoms with Gasteiger partial charge in [0.15, 0.2) is 0 Å². The molecule has 0 amide bonds. The third kappa shape index (κ3) is 3.57. The SMILES string of the molecule is CN(C)CCCS(=O)(=O)N1c2ccccc2Sc2ccc(Cl)cc21. The molecule has 4 nitrogen and oxygen atoms in total. The van der Waals surface area contributed by atoms with Gasteiger partial charge in [0.25, 0.3) is 0 Å². The van der Waals surface area contributed by atoms with Crippen LogP contribution in [0.5, 0.6) is 0 Å². The van der Waals surface area contributed by atoms with E-state index in [2.05, 4.69) is 0 Å². The van der Waals surface area contributed by atoms with E-state index in [0.717, 1.165) is 16.3 Å². The van der Waals surface area contributed by atoms with E-state index < -0.39 is 10.0 Å². The van der Waals surface area contributed by atoms with Gasteiger partial charge in [-0.05, 0) is 57.4 Å². The van der Waals surface area contributed by atoms with Crippen LogP contribution in [0.1, 0.15) is 6.42 Å². The zero-order chi connectivity index (χ0) is 17.3. The van der Waals surface area contributed by atoms with Gasteiger partial charge in [-0.1, -0.05) is 35.5 Å². The van der Waals surface area contributed by atoms with Gasteiger partial charge in [0.1, 0.15) is 0 Å². The zero-order valence-electron chi connectivity index (χ0n) is 13.6. The molecule has 0 radical (unpaired) electrons. The van der Waals surface area contributed by atoms with Gasteiger partial charge in [-0.15, -0.1) is 0 Å². The van der Waals surface area contributed by atoms with Crippen LogP contribution in [-0.4, -0.2) is 39.7 Å². The first-order valence-corrected chi connectivity index (χ1v) is 10.4. The molecule has 0 saturated heterocycles. The van der Waals surface area contributed by atoms with Gasteiger partial charge in [-0.2, -0.15) is 0 Å². The Bertz CT molecular complexity index is 853. The second-order valence-electron chi connectivity index (χ2n) is 5.92. The van der Waals surface area contributed by atoms with E-state index in [0.29, 0.717) is 22.8 Å². The van der Waals surface area contributed by atoms with Crippen molar-refractivity contribution in [2.45, 2.75) is 16.2 Å². The minimum absolute atomic E-state index is 0.0934. The van der Waals surface area contributed by atoms with Gasteiger partial charge in [0.2, 0.25) is 10.0 Å². The molecule has 1 heterocycles. The lowest BCUT2D eigenvalue weighted by Crippen LogP contribution is -2.32. The molecule has 2 aromatic rings. The molecule has 0 aromatic heterocycles. The van der Waals surface area contributed by atoms with E-state index in [4.69, 9.17) is 11.6 Å². The predicted molar refractivity (Wildman–Crippen MR) is 101 cm³/mol. The van der Waals surface area contributed by atoms with Gasteiger partial charge in [0.05, 0.1) is 17.1 Å². The van der Waals surface area contributed by atoms with E-state index in [1.807, 2.05) is 49.3 Å². The molecule has 0 saturated carbocycles. The molecule has 128 valence electrons. The van der Waals surface area contributed by atoms with Crippen molar-refractivity contribution in [2.24, 2.45) is 0 Å². The number of sulfonamides is 1. The molecule has 7 heteroatoms. The van der Waals surface area contributed by atoms with Crippen LogP contribution in [0, 0.1) is 0 Å². The van der Waals surface area contributed by atoms with Crippen LogP contribution in [0.2, 0.25) is 5.02 Å². The number of nitrogens with zero attached hydrogens (tertiary/aromatic N) is 2. The molecule has 0 aliphatic carbocycles. The lowest BCUT2D eigenvalue weighted by Gasteiger charge is -2.32. The predicted octanol–water partition coefficient (Wildman–Crippen LogP) is 4.22. The second kappa shape index (κ2) is 6.96. The molecule has 24 heavy (non-hydrogen) atoms. The second-order valence-corrected chi connectivity index (χ2v) is 9.38. The number of halogens is 1. The molecule has 1 aliphatic rings. The number of benzene rings is 2. The maximum Gasteiger partial charge on any atom is 0.239 e. The average Bonchev–Trinajstić information content (AvgIpc) is 2.51.